The Bertz CT molecular complexity index is 2060. The zero-order valence-corrected chi connectivity index (χ0v) is 25.2. The maximum Gasteiger partial charge on any atom is 0.265 e. The minimum atomic E-state index is -0.280. The number of carbonyl (C=O) groups is 2. The molecular weight excluding hydrogens is 584 g/mol. The van der Waals surface area contributed by atoms with Gasteiger partial charge in [0.15, 0.2) is 0 Å². The molecule has 0 saturated heterocycles. The van der Waals surface area contributed by atoms with Crippen LogP contribution in [0.25, 0.3) is 16.8 Å². The fourth-order valence-corrected chi connectivity index (χ4v) is 6.32. The van der Waals surface area contributed by atoms with Gasteiger partial charge in [0.25, 0.3) is 11.8 Å². The number of carbonyl (C=O) groups excluding carboxylic acids is 2. The molecule has 7 rings (SSSR count). The van der Waals surface area contributed by atoms with Gasteiger partial charge >= 0.3 is 0 Å². The van der Waals surface area contributed by atoms with Crippen molar-refractivity contribution in [2.45, 2.75) is 25.9 Å². The molecule has 2 amide bonds. The molecule has 1 N–H and O–H groups in total. The van der Waals surface area contributed by atoms with Crippen LogP contribution < -0.4 is 4.90 Å². The maximum absolute atomic E-state index is 14.5. The molecule has 0 radical (unpaired) electrons. The number of pyridine rings is 2. The number of anilines is 2. The molecule has 0 unspecified atom stereocenters. The summed E-state index contributed by atoms with van der Waals surface area (Å²) in [5.41, 5.74) is 6.54. The van der Waals surface area contributed by atoms with E-state index >= 15 is 0 Å². The highest BCUT2D eigenvalue weighted by Crippen LogP contribution is 2.36. The lowest BCUT2D eigenvalue weighted by atomic mass is 9.93. The van der Waals surface area contributed by atoms with E-state index < -0.39 is 0 Å². The number of fused-ring (bicyclic) bond motifs is 2. The molecule has 0 aliphatic carbocycles. The van der Waals surface area contributed by atoms with Crippen molar-refractivity contribution in [2.75, 3.05) is 4.90 Å². The highest BCUT2D eigenvalue weighted by atomic mass is 35.5. The van der Waals surface area contributed by atoms with Gasteiger partial charge in [-0.25, -0.2) is 0 Å². The predicted octanol–water partition coefficient (Wildman–Crippen LogP) is 7.93. The molecule has 0 spiro atoms. The standard InChI is InChI=1S/C37H29ClN4O3/c1-24-20-25-6-2-3-7-26(25)23-41(24)36(44)31-14-9-27(38)21-32(31)35-22-33(34-8-4-5-19-40(34)35)37(45)42(29-15-17-39-18-16-29)28-10-12-30(43)13-11-28/h2-19,21-22,24,43H,20,23H2,1H3/t24-/m1/s1. The summed E-state index contributed by atoms with van der Waals surface area (Å²) in [6, 6.07) is 31.0. The molecule has 7 nitrogen and oxygen atoms in total. The molecule has 4 heterocycles. The number of nitrogens with zero attached hydrogens (tertiary/aromatic N) is 4. The van der Waals surface area contributed by atoms with Gasteiger partial charge in [-0.3, -0.25) is 19.5 Å². The lowest BCUT2D eigenvalue weighted by Gasteiger charge is -2.35. The molecule has 6 aromatic rings. The zero-order chi connectivity index (χ0) is 31.1. The van der Waals surface area contributed by atoms with E-state index in [1.54, 1.807) is 71.9 Å². The molecule has 0 fully saturated rings. The number of aromatic nitrogens is 2. The van der Waals surface area contributed by atoms with Crippen molar-refractivity contribution in [1.29, 1.82) is 0 Å². The van der Waals surface area contributed by atoms with E-state index in [1.165, 1.54) is 5.56 Å². The summed E-state index contributed by atoms with van der Waals surface area (Å²) < 4.78 is 1.92. The van der Waals surface area contributed by atoms with Gasteiger partial charge in [-0.05, 0) is 97.3 Å². The summed E-state index contributed by atoms with van der Waals surface area (Å²) in [5, 5.41) is 10.4. The maximum atomic E-state index is 14.5. The van der Waals surface area contributed by atoms with Crippen molar-refractivity contribution in [3.05, 3.63) is 149 Å². The largest absolute Gasteiger partial charge is 0.508 e. The van der Waals surface area contributed by atoms with Gasteiger partial charge < -0.3 is 14.4 Å². The molecular formula is C37H29ClN4O3. The average Bonchev–Trinajstić information content (AvgIpc) is 3.45. The van der Waals surface area contributed by atoms with Crippen molar-refractivity contribution in [3.63, 3.8) is 0 Å². The van der Waals surface area contributed by atoms with Crippen LogP contribution in [0.3, 0.4) is 0 Å². The van der Waals surface area contributed by atoms with Crippen LogP contribution in [0.5, 0.6) is 5.75 Å². The number of aromatic hydroxyl groups is 1. The van der Waals surface area contributed by atoms with Crippen LogP contribution >= 0.6 is 11.6 Å². The summed E-state index contributed by atoms with van der Waals surface area (Å²) in [7, 11) is 0. The summed E-state index contributed by atoms with van der Waals surface area (Å²) >= 11 is 6.56. The quantitative estimate of drug-likeness (QED) is 0.214. The third-order valence-electron chi connectivity index (χ3n) is 8.39. The van der Waals surface area contributed by atoms with Crippen LogP contribution in [0, 0.1) is 0 Å². The Labute approximate surface area is 265 Å². The lowest BCUT2D eigenvalue weighted by molar-refractivity contribution is 0.0659. The number of hydrogen-bond donors (Lipinski definition) is 1. The SMILES string of the molecule is C[C@@H]1Cc2ccccc2CN1C(=O)c1ccc(Cl)cc1-c1cc(C(=O)N(c2ccncc2)c2ccc(O)cc2)c2ccccn12. The van der Waals surface area contributed by atoms with Gasteiger partial charge in [0.1, 0.15) is 5.75 Å². The second-order valence-corrected chi connectivity index (χ2v) is 11.6. The van der Waals surface area contributed by atoms with Crippen molar-refractivity contribution in [1.82, 2.24) is 14.3 Å². The monoisotopic (exact) mass is 612 g/mol. The van der Waals surface area contributed by atoms with Crippen LogP contribution in [-0.4, -0.2) is 37.2 Å². The number of phenolic OH excluding ortho intramolecular Hbond substituents is 1. The van der Waals surface area contributed by atoms with Gasteiger partial charge in [-0.1, -0.05) is 41.9 Å². The second kappa shape index (κ2) is 11.6. The lowest BCUT2D eigenvalue weighted by Crippen LogP contribution is -2.42. The second-order valence-electron chi connectivity index (χ2n) is 11.2. The van der Waals surface area contributed by atoms with Gasteiger partial charge in [-0.2, -0.15) is 0 Å². The number of hydrogen-bond acceptors (Lipinski definition) is 4. The summed E-state index contributed by atoms with van der Waals surface area (Å²) in [6.07, 6.45) is 5.92. The Kier molecular flexibility index (Phi) is 7.31. The Balaban J connectivity index is 1.35. The topological polar surface area (TPSA) is 78.2 Å². The number of rotatable bonds is 5. The van der Waals surface area contributed by atoms with Crippen LogP contribution in [0.2, 0.25) is 5.02 Å². The Morgan fingerprint density at radius 3 is 2.33 bits per heavy atom. The highest BCUT2D eigenvalue weighted by molar-refractivity contribution is 6.31. The smallest absolute Gasteiger partial charge is 0.265 e. The van der Waals surface area contributed by atoms with E-state index in [0.29, 0.717) is 50.8 Å². The number of halogens is 1. The van der Waals surface area contributed by atoms with Gasteiger partial charge in [0.2, 0.25) is 0 Å². The van der Waals surface area contributed by atoms with E-state index in [1.807, 2.05) is 51.9 Å². The third kappa shape index (κ3) is 5.21. The van der Waals surface area contributed by atoms with Crippen molar-refractivity contribution >= 4 is 40.3 Å². The first-order valence-electron chi connectivity index (χ1n) is 14.7. The van der Waals surface area contributed by atoms with E-state index in [0.717, 1.165) is 12.0 Å². The normalized spacial score (nSPS) is 14.3. The van der Waals surface area contributed by atoms with Crippen LogP contribution in [-0.2, 0) is 13.0 Å². The first-order valence-corrected chi connectivity index (χ1v) is 15.1. The number of phenols is 1. The summed E-state index contributed by atoms with van der Waals surface area (Å²) in [5.74, 6) is -0.273. The summed E-state index contributed by atoms with van der Waals surface area (Å²) in [6.45, 7) is 2.59. The number of amides is 2. The molecule has 45 heavy (non-hydrogen) atoms. The zero-order valence-electron chi connectivity index (χ0n) is 24.5. The average molecular weight is 613 g/mol. The Hall–Kier alpha value is -5.40. The van der Waals surface area contributed by atoms with Gasteiger partial charge in [0.05, 0.1) is 22.5 Å². The first-order chi connectivity index (χ1) is 21.9. The molecule has 1 aliphatic heterocycles. The van der Waals surface area contributed by atoms with Crippen molar-refractivity contribution in [2.24, 2.45) is 0 Å². The fraction of sp³-hybridized carbons (Fsp3) is 0.108. The molecule has 8 heteroatoms. The van der Waals surface area contributed by atoms with E-state index in [2.05, 4.69) is 24.0 Å². The summed E-state index contributed by atoms with van der Waals surface area (Å²) in [4.78, 5) is 36.4. The third-order valence-corrected chi connectivity index (χ3v) is 8.63. The van der Waals surface area contributed by atoms with Crippen molar-refractivity contribution < 1.29 is 14.7 Å². The highest BCUT2D eigenvalue weighted by Gasteiger charge is 2.31. The van der Waals surface area contributed by atoms with Gasteiger partial charge in [-0.15, -0.1) is 0 Å². The molecule has 3 aromatic heterocycles. The van der Waals surface area contributed by atoms with E-state index in [4.69, 9.17) is 11.6 Å². The molecule has 3 aromatic carbocycles. The number of benzene rings is 3. The molecule has 0 bridgehead atoms. The predicted molar refractivity (Wildman–Crippen MR) is 176 cm³/mol. The fourth-order valence-electron chi connectivity index (χ4n) is 6.15. The van der Waals surface area contributed by atoms with Gasteiger partial charge in [0, 0.05) is 53.0 Å². The van der Waals surface area contributed by atoms with E-state index in [-0.39, 0.29) is 23.6 Å². The van der Waals surface area contributed by atoms with Crippen LogP contribution in [0.15, 0.2) is 122 Å². The molecule has 1 atom stereocenters. The Morgan fingerprint density at radius 1 is 0.844 bits per heavy atom. The first kappa shape index (κ1) is 28.4. The minimum Gasteiger partial charge on any atom is -0.508 e. The minimum absolute atomic E-state index is 0.0105. The molecule has 1 aliphatic rings. The van der Waals surface area contributed by atoms with Crippen LogP contribution in [0.4, 0.5) is 11.4 Å². The van der Waals surface area contributed by atoms with E-state index in [9.17, 15) is 14.7 Å². The molecule has 222 valence electrons. The van der Waals surface area contributed by atoms with Crippen molar-refractivity contribution in [3.8, 4) is 17.0 Å². The Morgan fingerprint density at radius 2 is 1.56 bits per heavy atom. The van der Waals surface area contributed by atoms with Crippen LogP contribution in [0.1, 0.15) is 38.8 Å². The molecule has 0 saturated carbocycles.